The topological polar surface area (TPSA) is 52.6 Å². The van der Waals surface area contributed by atoms with Crippen molar-refractivity contribution in [2.24, 2.45) is 0 Å². The summed E-state index contributed by atoms with van der Waals surface area (Å²) < 4.78 is 9.18. The number of cyclic esters (lactones) is 2. The van der Waals surface area contributed by atoms with Gasteiger partial charge in [0.25, 0.3) is 0 Å². The zero-order valence-electron chi connectivity index (χ0n) is 6.46. The van der Waals surface area contributed by atoms with E-state index in [1.54, 1.807) is 0 Å². The molecule has 0 unspecified atom stereocenters. The number of carbonyl (C=O) groups is 2. The number of ether oxygens (including phenoxy) is 2. The number of esters is 2. The molecular weight excluding hydrogens is 219 g/mol. The van der Waals surface area contributed by atoms with E-state index in [0.29, 0.717) is 0 Å². The molecule has 72 valence electrons. The van der Waals surface area contributed by atoms with Gasteiger partial charge in [-0.3, -0.25) is 0 Å². The molecule has 0 saturated carbocycles. The summed E-state index contributed by atoms with van der Waals surface area (Å²) in [6, 6.07) is 0. The lowest BCUT2D eigenvalue weighted by Gasteiger charge is -2.11. The van der Waals surface area contributed by atoms with Gasteiger partial charge >= 0.3 is 11.9 Å². The van der Waals surface area contributed by atoms with Crippen LogP contribution in [-0.2, 0) is 19.1 Å². The van der Waals surface area contributed by atoms with Crippen LogP contribution in [0.15, 0.2) is 11.8 Å². The first-order valence-corrected chi connectivity index (χ1v) is 4.50. The summed E-state index contributed by atoms with van der Waals surface area (Å²) in [5.74, 6) is -1.39. The number of carbonyl (C=O) groups excluding carboxylic acids is 2. The van der Waals surface area contributed by atoms with Crippen LogP contribution in [-0.4, -0.2) is 29.8 Å². The van der Waals surface area contributed by atoms with Crippen molar-refractivity contribution in [2.75, 3.05) is 11.8 Å². The molecule has 0 fully saturated rings. The molecule has 0 N–H and O–H groups in total. The molecule has 0 aliphatic carbocycles. The van der Waals surface area contributed by atoms with Crippen LogP contribution in [0.4, 0.5) is 0 Å². The lowest BCUT2D eigenvalue weighted by molar-refractivity contribution is -0.152. The van der Waals surface area contributed by atoms with Gasteiger partial charge < -0.3 is 9.47 Å². The summed E-state index contributed by atoms with van der Waals surface area (Å²) in [7, 11) is 0. The Balaban J connectivity index is 2.58. The maximum atomic E-state index is 10.8. The molecule has 0 radical (unpaired) electrons. The Morgan fingerprint density at radius 3 is 2.38 bits per heavy atom. The van der Waals surface area contributed by atoms with Gasteiger partial charge in [-0.15, -0.1) is 23.2 Å². The Hall–Kier alpha value is -0.740. The van der Waals surface area contributed by atoms with Gasteiger partial charge in [0.1, 0.15) is 6.10 Å². The predicted molar refractivity (Wildman–Crippen MR) is 45.5 cm³/mol. The van der Waals surface area contributed by atoms with Crippen LogP contribution < -0.4 is 0 Å². The van der Waals surface area contributed by atoms with Crippen LogP contribution >= 0.6 is 23.2 Å². The van der Waals surface area contributed by atoms with Crippen molar-refractivity contribution in [1.82, 2.24) is 0 Å². The summed E-state index contributed by atoms with van der Waals surface area (Å²) in [5, 5.41) is 0. The molecule has 0 spiro atoms. The highest BCUT2D eigenvalue weighted by Crippen LogP contribution is 2.13. The molecule has 0 atom stereocenters. The molecule has 0 aromatic rings. The molecule has 0 aromatic carbocycles. The van der Waals surface area contributed by atoms with Gasteiger partial charge in [0.2, 0.25) is 5.76 Å². The number of hydrogen-bond acceptors (Lipinski definition) is 4. The zero-order valence-corrected chi connectivity index (χ0v) is 7.97. The third-order valence-corrected chi connectivity index (χ3v) is 1.97. The highest BCUT2D eigenvalue weighted by molar-refractivity contribution is 6.21. The summed E-state index contributed by atoms with van der Waals surface area (Å²) >= 11 is 10.9. The van der Waals surface area contributed by atoms with Gasteiger partial charge in [-0.25, -0.2) is 9.59 Å². The smallest absolute Gasteiger partial charge is 0.381 e. The first-order chi connectivity index (χ1) is 6.17. The van der Waals surface area contributed by atoms with Crippen LogP contribution in [0, 0.1) is 0 Å². The molecule has 4 nitrogen and oxygen atoms in total. The van der Waals surface area contributed by atoms with Crippen LogP contribution in [0.1, 0.15) is 0 Å². The van der Waals surface area contributed by atoms with Crippen LogP contribution in [0.2, 0.25) is 0 Å². The van der Waals surface area contributed by atoms with Crippen LogP contribution in [0.25, 0.3) is 0 Å². The molecule has 0 amide bonds. The van der Waals surface area contributed by atoms with Crippen molar-refractivity contribution in [3.05, 3.63) is 11.8 Å². The summed E-state index contributed by atoms with van der Waals surface area (Å²) in [6.45, 7) is 0. The van der Waals surface area contributed by atoms with E-state index in [1.165, 1.54) is 0 Å². The Kier molecular flexibility index (Phi) is 3.57. The molecule has 13 heavy (non-hydrogen) atoms. The van der Waals surface area contributed by atoms with Crippen molar-refractivity contribution in [2.45, 2.75) is 6.10 Å². The van der Waals surface area contributed by atoms with E-state index in [-0.39, 0.29) is 17.5 Å². The number of hydrogen-bond donors (Lipinski definition) is 0. The van der Waals surface area contributed by atoms with Gasteiger partial charge in [-0.05, 0) is 0 Å². The molecule has 6 heteroatoms. The van der Waals surface area contributed by atoms with Gasteiger partial charge in [-0.2, -0.15) is 0 Å². The van der Waals surface area contributed by atoms with E-state index < -0.39 is 18.0 Å². The lowest BCUT2D eigenvalue weighted by atomic mass is 10.4. The first kappa shape index (κ1) is 10.3. The Bertz CT molecular complexity index is 257. The quantitative estimate of drug-likeness (QED) is 0.403. The molecule has 1 aliphatic rings. The molecular formula is C7H6Cl2O4. The Morgan fingerprint density at radius 2 is 2.00 bits per heavy atom. The van der Waals surface area contributed by atoms with E-state index in [4.69, 9.17) is 27.9 Å². The zero-order chi connectivity index (χ0) is 9.84. The fourth-order valence-electron chi connectivity index (χ4n) is 0.703. The molecule has 1 aliphatic heterocycles. The van der Waals surface area contributed by atoms with E-state index in [2.05, 4.69) is 4.74 Å². The minimum absolute atomic E-state index is 0.141. The predicted octanol–water partition coefficient (Wildman–Crippen LogP) is 0.817. The highest BCUT2D eigenvalue weighted by atomic mass is 35.5. The second kappa shape index (κ2) is 4.48. The normalized spacial score (nSPS) is 16.1. The molecule has 1 rings (SSSR count). The minimum atomic E-state index is -0.801. The monoisotopic (exact) mass is 224 g/mol. The van der Waals surface area contributed by atoms with Crippen molar-refractivity contribution < 1.29 is 19.1 Å². The summed E-state index contributed by atoms with van der Waals surface area (Å²) in [4.78, 5) is 21.4. The molecule has 0 saturated heterocycles. The molecule has 1 heterocycles. The molecule has 0 aromatic heterocycles. The Labute approximate surface area is 84.4 Å². The van der Waals surface area contributed by atoms with Crippen molar-refractivity contribution in [3.63, 3.8) is 0 Å². The van der Waals surface area contributed by atoms with Gasteiger partial charge in [0.05, 0.1) is 17.8 Å². The maximum Gasteiger partial charge on any atom is 0.381 e. The highest BCUT2D eigenvalue weighted by Gasteiger charge is 2.27. The van der Waals surface area contributed by atoms with Gasteiger partial charge in [-0.1, -0.05) is 0 Å². The Morgan fingerprint density at radius 1 is 1.38 bits per heavy atom. The fourth-order valence-corrected chi connectivity index (χ4v) is 1.16. The van der Waals surface area contributed by atoms with Crippen LogP contribution in [0.5, 0.6) is 0 Å². The standard InChI is InChI=1S/C7H6Cl2O4/c8-2-4(3-9)12-5-1-6(10)13-7(5)11/h1,4H,2-3H2. The van der Waals surface area contributed by atoms with Gasteiger partial charge in [0.15, 0.2) is 0 Å². The summed E-state index contributed by atoms with van der Waals surface area (Å²) in [6.07, 6.45) is 0.474. The van der Waals surface area contributed by atoms with Crippen molar-refractivity contribution in [3.8, 4) is 0 Å². The average molecular weight is 225 g/mol. The van der Waals surface area contributed by atoms with Crippen LogP contribution in [0.3, 0.4) is 0 Å². The summed E-state index contributed by atoms with van der Waals surface area (Å²) in [5.41, 5.74) is 0. The molecule has 0 bridgehead atoms. The van der Waals surface area contributed by atoms with E-state index >= 15 is 0 Å². The van der Waals surface area contributed by atoms with Crippen molar-refractivity contribution >= 4 is 35.1 Å². The minimum Gasteiger partial charge on any atom is -0.480 e. The number of rotatable bonds is 4. The second-order valence-corrected chi connectivity index (χ2v) is 2.88. The van der Waals surface area contributed by atoms with E-state index in [9.17, 15) is 9.59 Å². The first-order valence-electron chi connectivity index (χ1n) is 3.43. The van der Waals surface area contributed by atoms with Crippen molar-refractivity contribution in [1.29, 1.82) is 0 Å². The lowest BCUT2D eigenvalue weighted by Crippen LogP contribution is -2.18. The number of alkyl halides is 2. The van der Waals surface area contributed by atoms with E-state index in [1.807, 2.05) is 0 Å². The van der Waals surface area contributed by atoms with E-state index in [0.717, 1.165) is 6.08 Å². The third kappa shape index (κ3) is 2.60. The third-order valence-electron chi connectivity index (χ3n) is 1.28. The largest absolute Gasteiger partial charge is 0.480 e. The average Bonchev–Trinajstić information content (AvgIpc) is 2.41. The number of halogens is 2. The van der Waals surface area contributed by atoms with Gasteiger partial charge in [0, 0.05) is 0 Å². The second-order valence-electron chi connectivity index (χ2n) is 2.27. The SMILES string of the molecule is O=C1C=C(OC(CCl)CCl)C(=O)O1. The maximum absolute atomic E-state index is 10.8. The fraction of sp³-hybridized carbons (Fsp3) is 0.429.